The van der Waals surface area contributed by atoms with Gasteiger partial charge in [0, 0.05) is 17.9 Å². The molecule has 35 heavy (non-hydrogen) atoms. The van der Waals surface area contributed by atoms with Gasteiger partial charge >= 0.3 is 0 Å². The van der Waals surface area contributed by atoms with Gasteiger partial charge in [0.1, 0.15) is 5.75 Å². The number of benzene rings is 2. The van der Waals surface area contributed by atoms with E-state index in [4.69, 9.17) is 4.74 Å². The molecule has 5 nitrogen and oxygen atoms in total. The Balaban J connectivity index is 1.25. The highest BCUT2D eigenvalue weighted by Crippen LogP contribution is 2.66. The molecule has 0 spiro atoms. The molecule has 4 aliphatic rings. The number of hydrogen-bond acceptors (Lipinski definition) is 3. The fraction of sp³-hybridized carbons (Fsp3) is 0.467. The molecule has 1 amide bonds. The molecule has 2 atom stereocenters. The van der Waals surface area contributed by atoms with E-state index in [1.165, 1.54) is 38.5 Å². The Hall–Kier alpha value is -3.08. The lowest BCUT2D eigenvalue weighted by molar-refractivity contribution is -0.132. The van der Waals surface area contributed by atoms with Gasteiger partial charge in [-0.05, 0) is 97.1 Å². The summed E-state index contributed by atoms with van der Waals surface area (Å²) >= 11 is 0. The van der Waals surface area contributed by atoms with Gasteiger partial charge in [-0.15, -0.1) is 0 Å². The molecule has 182 valence electrons. The summed E-state index contributed by atoms with van der Waals surface area (Å²) < 4.78 is 7.02. The molecule has 0 saturated heterocycles. The number of ether oxygens (including phenoxy) is 1. The van der Waals surface area contributed by atoms with Crippen molar-refractivity contribution < 1.29 is 9.53 Å². The third kappa shape index (κ3) is 4.15. The van der Waals surface area contributed by atoms with Crippen LogP contribution in [0, 0.1) is 22.7 Å². The second-order valence-electron chi connectivity index (χ2n) is 11.8. The average molecular weight is 471 g/mol. The number of pyridine rings is 1. The molecule has 2 unspecified atom stereocenters. The lowest BCUT2D eigenvalue weighted by atomic mass is 9.44. The molecule has 4 saturated carbocycles. The topological polar surface area (TPSA) is 60.3 Å². The van der Waals surface area contributed by atoms with Crippen LogP contribution in [-0.4, -0.2) is 17.6 Å². The van der Waals surface area contributed by atoms with Crippen LogP contribution in [0.4, 0.5) is 5.69 Å². The van der Waals surface area contributed by atoms with Gasteiger partial charge in [0.15, 0.2) is 0 Å². The zero-order valence-electron chi connectivity index (χ0n) is 20.7. The maximum Gasteiger partial charge on any atom is 0.251 e. The minimum Gasteiger partial charge on any atom is -0.497 e. The first-order valence-electron chi connectivity index (χ1n) is 12.9. The molecule has 3 aromatic rings. The Morgan fingerprint density at radius 2 is 1.77 bits per heavy atom. The molecule has 1 N–H and O–H groups in total. The van der Waals surface area contributed by atoms with Crippen molar-refractivity contribution in [2.45, 2.75) is 58.4 Å². The Labute approximate surface area is 206 Å². The normalized spacial score (nSPS) is 28.9. The fourth-order valence-electron chi connectivity index (χ4n) is 8.18. The third-order valence-corrected chi connectivity index (χ3v) is 8.82. The number of fused-ring (bicyclic) bond motifs is 1. The van der Waals surface area contributed by atoms with E-state index in [0.29, 0.717) is 18.4 Å². The first-order valence-corrected chi connectivity index (χ1v) is 12.9. The minimum absolute atomic E-state index is 0.0568. The molecule has 0 radical (unpaired) electrons. The van der Waals surface area contributed by atoms with Crippen molar-refractivity contribution in [3.63, 3.8) is 0 Å². The van der Waals surface area contributed by atoms with Gasteiger partial charge in [0.2, 0.25) is 5.91 Å². The summed E-state index contributed by atoms with van der Waals surface area (Å²) in [6.07, 6.45) is 8.29. The lowest BCUT2D eigenvalue weighted by Crippen LogP contribution is -2.51. The van der Waals surface area contributed by atoms with E-state index in [1.54, 1.807) is 17.7 Å². The minimum atomic E-state index is -0.0568. The van der Waals surface area contributed by atoms with Gasteiger partial charge in [0.25, 0.3) is 5.56 Å². The van der Waals surface area contributed by atoms with Crippen molar-refractivity contribution in [1.29, 1.82) is 0 Å². The molecule has 4 aliphatic carbocycles. The van der Waals surface area contributed by atoms with E-state index in [-0.39, 0.29) is 16.9 Å². The molecule has 1 aromatic heterocycles. The standard InChI is InChI=1S/C30H34N2O3/c1-29-13-21-12-22(14-29)16-30(15-21,19-29)17-27(33)31-25-4-3-5-26-24(25)10-11-28(34)32(26)18-20-6-8-23(35-2)9-7-20/h3-11,21-22H,12-19H2,1-2H3,(H,31,33). The number of carbonyl (C=O) groups is 1. The van der Waals surface area contributed by atoms with Crippen LogP contribution < -0.4 is 15.6 Å². The molecule has 7 rings (SSSR count). The molecule has 4 bridgehead atoms. The lowest BCUT2D eigenvalue weighted by Gasteiger charge is -2.61. The molecule has 2 aromatic carbocycles. The number of aromatic nitrogens is 1. The quantitative estimate of drug-likeness (QED) is 0.481. The number of carbonyl (C=O) groups excluding carboxylic acids is 1. The van der Waals surface area contributed by atoms with Gasteiger partial charge in [-0.1, -0.05) is 25.1 Å². The molecular weight excluding hydrogens is 436 g/mol. The molecule has 5 heteroatoms. The van der Waals surface area contributed by atoms with E-state index >= 15 is 0 Å². The van der Waals surface area contributed by atoms with Crippen LogP contribution >= 0.6 is 0 Å². The average Bonchev–Trinajstić information content (AvgIpc) is 2.79. The second kappa shape index (κ2) is 8.25. The first kappa shape index (κ1) is 22.4. The van der Waals surface area contributed by atoms with Crippen molar-refractivity contribution in [2.75, 3.05) is 12.4 Å². The number of anilines is 1. The predicted octanol–water partition coefficient (Wildman–Crippen LogP) is 5.99. The van der Waals surface area contributed by atoms with Crippen LogP contribution in [0.25, 0.3) is 10.9 Å². The van der Waals surface area contributed by atoms with Crippen molar-refractivity contribution in [2.24, 2.45) is 22.7 Å². The van der Waals surface area contributed by atoms with Crippen molar-refractivity contribution in [3.05, 3.63) is 70.5 Å². The number of nitrogens with zero attached hydrogens (tertiary/aromatic N) is 1. The van der Waals surface area contributed by atoms with Crippen LogP contribution in [0.1, 0.15) is 57.4 Å². The van der Waals surface area contributed by atoms with Crippen molar-refractivity contribution >= 4 is 22.5 Å². The monoisotopic (exact) mass is 470 g/mol. The summed E-state index contributed by atoms with van der Waals surface area (Å²) in [6.45, 7) is 2.91. The van der Waals surface area contributed by atoms with E-state index in [0.717, 1.165) is 39.7 Å². The summed E-state index contributed by atoms with van der Waals surface area (Å²) in [5, 5.41) is 4.12. The zero-order valence-corrected chi connectivity index (χ0v) is 20.7. The van der Waals surface area contributed by atoms with Crippen molar-refractivity contribution in [3.8, 4) is 5.75 Å². The van der Waals surface area contributed by atoms with Gasteiger partial charge in [0.05, 0.1) is 24.9 Å². The maximum atomic E-state index is 13.4. The second-order valence-corrected chi connectivity index (χ2v) is 11.8. The Kier molecular flexibility index (Phi) is 5.28. The van der Waals surface area contributed by atoms with E-state index in [2.05, 4.69) is 12.2 Å². The van der Waals surface area contributed by atoms with Crippen LogP contribution in [0.5, 0.6) is 5.75 Å². The maximum absolute atomic E-state index is 13.4. The smallest absolute Gasteiger partial charge is 0.251 e. The number of hydrogen-bond donors (Lipinski definition) is 1. The summed E-state index contributed by atoms with van der Waals surface area (Å²) in [7, 11) is 1.64. The summed E-state index contributed by atoms with van der Waals surface area (Å²) in [5.41, 5.74) is 3.18. The summed E-state index contributed by atoms with van der Waals surface area (Å²) in [5.74, 6) is 2.51. The van der Waals surface area contributed by atoms with Crippen LogP contribution in [0.3, 0.4) is 0 Å². The Bertz CT molecular complexity index is 1330. The Morgan fingerprint density at radius 1 is 1.03 bits per heavy atom. The van der Waals surface area contributed by atoms with E-state index in [9.17, 15) is 9.59 Å². The van der Waals surface area contributed by atoms with E-state index < -0.39 is 0 Å². The molecule has 4 fully saturated rings. The van der Waals surface area contributed by atoms with Crippen LogP contribution in [0.15, 0.2) is 59.4 Å². The van der Waals surface area contributed by atoms with Gasteiger partial charge in [-0.3, -0.25) is 9.59 Å². The Morgan fingerprint density at radius 3 is 2.46 bits per heavy atom. The number of methoxy groups -OCH3 is 1. The fourth-order valence-corrected chi connectivity index (χ4v) is 8.18. The predicted molar refractivity (Wildman–Crippen MR) is 139 cm³/mol. The largest absolute Gasteiger partial charge is 0.497 e. The number of rotatable bonds is 6. The van der Waals surface area contributed by atoms with Gasteiger partial charge in [-0.2, -0.15) is 0 Å². The summed E-state index contributed by atoms with van der Waals surface area (Å²) in [4.78, 5) is 26.1. The third-order valence-electron chi connectivity index (χ3n) is 8.82. The molecule has 0 aliphatic heterocycles. The number of amides is 1. The van der Waals surface area contributed by atoms with Gasteiger partial charge < -0.3 is 14.6 Å². The van der Waals surface area contributed by atoms with Gasteiger partial charge in [-0.25, -0.2) is 0 Å². The summed E-state index contributed by atoms with van der Waals surface area (Å²) in [6, 6.07) is 17.0. The van der Waals surface area contributed by atoms with Crippen LogP contribution in [0.2, 0.25) is 0 Å². The van der Waals surface area contributed by atoms with Crippen molar-refractivity contribution in [1.82, 2.24) is 4.57 Å². The highest BCUT2D eigenvalue weighted by molar-refractivity contribution is 6.01. The SMILES string of the molecule is COc1ccc(Cn2c(=O)ccc3c(NC(=O)CC45CC6CC(CC(C)(C6)C4)C5)cccc32)cc1. The molecule has 1 heterocycles. The van der Waals surface area contributed by atoms with E-state index in [1.807, 2.05) is 48.5 Å². The zero-order chi connectivity index (χ0) is 24.2. The number of nitrogens with one attached hydrogen (secondary N) is 1. The first-order chi connectivity index (χ1) is 16.8. The molecular formula is C30H34N2O3. The van der Waals surface area contributed by atoms with Crippen LogP contribution in [-0.2, 0) is 11.3 Å². The highest BCUT2D eigenvalue weighted by Gasteiger charge is 2.56. The highest BCUT2D eigenvalue weighted by atomic mass is 16.5.